The van der Waals surface area contributed by atoms with E-state index in [9.17, 15) is 4.39 Å². The predicted molar refractivity (Wildman–Crippen MR) is 78.3 cm³/mol. The monoisotopic (exact) mass is 298 g/mol. The van der Waals surface area contributed by atoms with Crippen molar-refractivity contribution in [2.45, 2.75) is 20.6 Å². The molecule has 0 aliphatic rings. The van der Waals surface area contributed by atoms with E-state index in [4.69, 9.17) is 11.6 Å². The fourth-order valence-corrected chi connectivity index (χ4v) is 3.16. The van der Waals surface area contributed by atoms with E-state index < -0.39 is 0 Å². The van der Waals surface area contributed by atoms with Crippen molar-refractivity contribution in [3.05, 3.63) is 53.8 Å². The van der Waals surface area contributed by atoms with E-state index in [0.29, 0.717) is 5.88 Å². The van der Waals surface area contributed by atoms with Crippen LogP contribution in [0.2, 0.25) is 0 Å². The van der Waals surface area contributed by atoms with Gasteiger partial charge in [-0.1, -0.05) is 11.8 Å². The molecule has 0 fully saturated rings. The summed E-state index contributed by atoms with van der Waals surface area (Å²) in [7, 11) is 0. The maximum Gasteiger partial charge on any atom is 0.123 e. The molecule has 0 amide bonds. The molecule has 2 rings (SSSR count). The van der Waals surface area contributed by atoms with Crippen LogP contribution in [0, 0.1) is 5.82 Å². The molecule has 4 heteroatoms. The predicted octanol–water partition coefficient (Wildman–Crippen LogP) is 5.44. The van der Waals surface area contributed by atoms with Crippen LogP contribution < -0.4 is 0 Å². The number of thioether (sulfide) groups is 1. The second-order valence-electron chi connectivity index (χ2n) is 3.66. The zero-order valence-corrected chi connectivity index (χ0v) is 12.2. The summed E-state index contributed by atoms with van der Waals surface area (Å²) in [5.74, 6) is 0.0796. The minimum Gasteiger partial charge on any atom is -0.207 e. The fraction of sp³-hybridized carbons (Fsp3) is 0.143. The van der Waals surface area contributed by atoms with Gasteiger partial charge in [-0.3, -0.25) is 0 Å². The molecule has 0 bridgehead atoms. The quantitative estimate of drug-likeness (QED) is 0.545. The van der Waals surface area contributed by atoms with Crippen LogP contribution in [0.1, 0.15) is 5.56 Å². The molecule has 2 aromatic rings. The van der Waals surface area contributed by atoms with Gasteiger partial charge in [-0.05, 0) is 54.3 Å². The molecule has 0 aliphatic carbocycles. The highest BCUT2D eigenvalue weighted by Crippen LogP contribution is 2.32. The van der Waals surface area contributed by atoms with Crippen LogP contribution in [0.3, 0.4) is 0 Å². The largest absolute Gasteiger partial charge is 0.207 e. The minimum absolute atomic E-state index is 0.243. The average Bonchev–Trinajstić information content (AvgIpc) is 2.41. The number of hydrogen-bond donors (Lipinski definition) is 0. The molecular formula is C14H12ClFS2. The summed E-state index contributed by atoms with van der Waals surface area (Å²) in [5.41, 5.74) is 0.829. The highest BCUT2D eigenvalue weighted by Gasteiger charge is 2.05. The fourth-order valence-electron chi connectivity index (χ4n) is 1.52. The molecule has 18 heavy (non-hydrogen) atoms. The second kappa shape index (κ2) is 6.50. The maximum atomic E-state index is 13.1. The molecular weight excluding hydrogens is 287 g/mol. The van der Waals surface area contributed by atoms with Gasteiger partial charge in [-0.2, -0.15) is 0 Å². The van der Waals surface area contributed by atoms with E-state index in [0.717, 1.165) is 15.4 Å². The van der Waals surface area contributed by atoms with Crippen LogP contribution in [-0.4, -0.2) is 6.26 Å². The van der Waals surface area contributed by atoms with Gasteiger partial charge in [0.25, 0.3) is 0 Å². The molecule has 0 aromatic heterocycles. The molecule has 0 radical (unpaired) electrons. The Morgan fingerprint density at radius 1 is 1.06 bits per heavy atom. The Labute approximate surface area is 120 Å². The average molecular weight is 299 g/mol. The van der Waals surface area contributed by atoms with Crippen molar-refractivity contribution in [3.8, 4) is 0 Å². The Hall–Kier alpha value is -0.640. The topological polar surface area (TPSA) is 0 Å². The first kappa shape index (κ1) is 13.8. The molecule has 0 saturated heterocycles. The second-order valence-corrected chi connectivity index (χ2v) is 5.93. The summed E-state index contributed by atoms with van der Waals surface area (Å²) in [4.78, 5) is 3.37. The van der Waals surface area contributed by atoms with Crippen molar-refractivity contribution < 1.29 is 4.39 Å². The molecule has 0 spiro atoms. The number of rotatable bonds is 4. The summed E-state index contributed by atoms with van der Waals surface area (Å²) < 4.78 is 13.1. The maximum absolute atomic E-state index is 13.1. The first-order valence-electron chi connectivity index (χ1n) is 5.39. The van der Waals surface area contributed by atoms with E-state index in [2.05, 4.69) is 24.3 Å². The van der Waals surface area contributed by atoms with E-state index in [1.54, 1.807) is 29.6 Å². The first-order chi connectivity index (χ1) is 8.72. The normalized spacial score (nSPS) is 10.6. The lowest BCUT2D eigenvalue weighted by atomic mass is 10.2. The van der Waals surface area contributed by atoms with Gasteiger partial charge in [0, 0.05) is 20.6 Å². The molecule has 0 atom stereocenters. The molecule has 0 aliphatic heterocycles. The van der Waals surface area contributed by atoms with Crippen LogP contribution in [-0.2, 0) is 5.88 Å². The Morgan fingerprint density at radius 2 is 1.72 bits per heavy atom. The van der Waals surface area contributed by atoms with Gasteiger partial charge >= 0.3 is 0 Å². The Balaban J connectivity index is 2.22. The van der Waals surface area contributed by atoms with Crippen molar-refractivity contribution in [1.29, 1.82) is 0 Å². The van der Waals surface area contributed by atoms with Crippen LogP contribution in [0.5, 0.6) is 0 Å². The number of benzene rings is 2. The number of alkyl halides is 1. The molecule has 94 valence electrons. The van der Waals surface area contributed by atoms with Gasteiger partial charge < -0.3 is 0 Å². The molecule has 0 unspecified atom stereocenters. The van der Waals surface area contributed by atoms with Crippen LogP contribution >= 0.6 is 35.1 Å². The van der Waals surface area contributed by atoms with Crippen LogP contribution in [0.25, 0.3) is 0 Å². The summed E-state index contributed by atoms with van der Waals surface area (Å²) in [6, 6.07) is 13.0. The van der Waals surface area contributed by atoms with E-state index in [-0.39, 0.29) is 5.82 Å². The zero-order valence-electron chi connectivity index (χ0n) is 9.82. The SMILES string of the molecule is CSc1ccc(Sc2ccc(F)cc2CCl)cc1. The van der Waals surface area contributed by atoms with Crippen molar-refractivity contribution in [1.82, 2.24) is 0 Å². The van der Waals surface area contributed by atoms with Crippen molar-refractivity contribution in [3.63, 3.8) is 0 Å². The van der Waals surface area contributed by atoms with Crippen molar-refractivity contribution in [2.75, 3.05) is 6.26 Å². The zero-order chi connectivity index (χ0) is 13.0. The molecule has 0 heterocycles. The third-order valence-electron chi connectivity index (χ3n) is 2.45. The highest BCUT2D eigenvalue weighted by molar-refractivity contribution is 7.99. The van der Waals surface area contributed by atoms with Crippen LogP contribution in [0.15, 0.2) is 57.2 Å². The standard InChI is InChI=1S/C14H12ClFS2/c1-17-12-3-5-13(6-4-12)18-14-7-2-11(16)8-10(14)9-15/h2-8H,9H2,1H3. The Kier molecular flexibility index (Phi) is 4.98. The van der Waals surface area contributed by atoms with Gasteiger partial charge in [-0.25, -0.2) is 4.39 Å². The summed E-state index contributed by atoms with van der Waals surface area (Å²) in [6.07, 6.45) is 2.05. The lowest BCUT2D eigenvalue weighted by Crippen LogP contribution is -1.86. The van der Waals surface area contributed by atoms with E-state index in [1.807, 2.05) is 6.26 Å². The molecule has 0 nitrogen and oxygen atoms in total. The first-order valence-corrected chi connectivity index (χ1v) is 7.97. The smallest absolute Gasteiger partial charge is 0.123 e. The van der Waals surface area contributed by atoms with Gasteiger partial charge in [0.05, 0.1) is 0 Å². The van der Waals surface area contributed by atoms with Gasteiger partial charge in [0.2, 0.25) is 0 Å². The van der Waals surface area contributed by atoms with Crippen LogP contribution in [0.4, 0.5) is 4.39 Å². The van der Waals surface area contributed by atoms with E-state index >= 15 is 0 Å². The van der Waals surface area contributed by atoms with Gasteiger partial charge in [-0.15, -0.1) is 23.4 Å². The third-order valence-corrected chi connectivity index (χ3v) is 4.61. The van der Waals surface area contributed by atoms with Crippen molar-refractivity contribution >= 4 is 35.1 Å². The van der Waals surface area contributed by atoms with Gasteiger partial charge in [0.15, 0.2) is 0 Å². The lowest BCUT2D eigenvalue weighted by Gasteiger charge is -2.07. The highest BCUT2D eigenvalue weighted by atomic mass is 35.5. The summed E-state index contributed by atoms with van der Waals surface area (Å²) >= 11 is 9.15. The van der Waals surface area contributed by atoms with Crippen molar-refractivity contribution in [2.24, 2.45) is 0 Å². The van der Waals surface area contributed by atoms with Gasteiger partial charge in [0.1, 0.15) is 5.82 Å². The Bertz CT molecular complexity index is 526. The summed E-state index contributed by atoms with van der Waals surface area (Å²) in [6.45, 7) is 0. The summed E-state index contributed by atoms with van der Waals surface area (Å²) in [5, 5.41) is 0. The third kappa shape index (κ3) is 3.44. The molecule has 0 N–H and O–H groups in total. The van der Waals surface area contributed by atoms with E-state index in [1.165, 1.54) is 17.0 Å². The lowest BCUT2D eigenvalue weighted by molar-refractivity contribution is 0.625. The number of halogens is 2. The number of hydrogen-bond acceptors (Lipinski definition) is 2. The molecule has 0 saturated carbocycles. The molecule has 2 aromatic carbocycles. The minimum atomic E-state index is -0.243. The Morgan fingerprint density at radius 3 is 2.33 bits per heavy atom.